The number of aliphatic carboxylic acids is 1. The van der Waals surface area contributed by atoms with Gasteiger partial charge in [-0.1, -0.05) is 60.1 Å². The first-order chi connectivity index (χ1) is 15.4. The molecule has 1 fully saturated rings. The third-order valence-electron chi connectivity index (χ3n) is 5.71. The molecular formula is C25H18ClFN2O3. The fraction of sp³-hybridized carbons (Fsp3) is 0.160. The number of likely N-dealkylation sites (tertiary alicyclic amines) is 1. The van der Waals surface area contributed by atoms with Crippen molar-refractivity contribution in [2.75, 3.05) is 0 Å². The van der Waals surface area contributed by atoms with Crippen molar-refractivity contribution in [2.45, 2.75) is 24.9 Å². The van der Waals surface area contributed by atoms with Crippen molar-refractivity contribution in [3.05, 3.63) is 94.3 Å². The largest absolute Gasteiger partial charge is 0.480 e. The number of amides is 1. The van der Waals surface area contributed by atoms with Crippen molar-refractivity contribution in [3.63, 3.8) is 0 Å². The van der Waals surface area contributed by atoms with Gasteiger partial charge < -0.3 is 10.0 Å². The molecule has 1 N–H and O–H groups in total. The molecular weight excluding hydrogens is 431 g/mol. The Kier molecular flexibility index (Phi) is 5.93. The predicted octanol–water partition coefficient (Wildman–Crippen LogP) is 5.45. The smallest absolute Gasteiger partial charge is 0.326 e. The van der Waals surface area contributed by atoms with Crippen LogP contribution in [0.1, 0.15) is 40.4 Å². The first kappa shape index (κ1) is 21.5. The van der Waals surface area contributed by atoms with Crippen LogP contribution in [0.5, 0.6) is 0 Å². The van der Waals surface area contributed by atoms with Crippen molar-refractivity contribution in [3.8, 4) is 17.2 Å². The van der Waals surface area contributed by atoms with Crippen molar-refractivity contribution in [1.29, 1.82) is 5.26 Å². The second-order valence-electron chi connectivity index (χ2n) is 7.54. The maximum Gasteiger partial charge on any atom is 0.326 e. The van der Waals surface area contributed by atoms with Gasteiger partial charge in [0.1, 0.15) is 11.9 Å². The molecule has 0 bridgehead atoms. The molecule has 32 heavy (non-hydrogen) atoms. The summed E-state index contributed by atoms with van der Waals surface area (Å²) in [4.78, 5) is 26.6. The number of carbonyl (C=O) groups is 2. The van der Waals surface area contributed by atoms with Crippen LogP contribution < -0.4 is 0 Å². The maximum atomic E-state index is 14.5. The molecule has 3 aromatic rings. The molecule has 0 radical (unpaired) electrons. The number of carboxylic acid groups (broad SMARTS) is 1. The maximum absolute atomic E-state index is 14.5. The molecule has 4 rings (SSSR count). The van der Waals surface area contributed by atoms with Gasteiger partial charge >= 0.3 is 5.97 Å². The second-order valence-corrected chi connectivity index (χ2v) is 7.94. The summed E-state index contributed by atoms with van der Waals surface area (Å²) in [7, 11) is 0. The molecule has 0 saturated carbocycles. The molecule has 7 heteroatoms. The van der Waals surface area contributed by atoms with E-state index in [4.69, 9.17) is 11.6 Å². The zero-order valence-electron chi connectivity index (χ0n) is 16.8. The number of carboxylic acids is 1. The average molecular weight is 449 g/mol. The summed E-state index contributed by atoms with van der Waals surface area (Å²) in [6, 6.07) is 18.2. The van der Waals surface area contributed by atoms with Gasteiger partial charge in [0.25, 0.3) is 5.91 Å². The van der Waals surface area contributed by atoms with Crippen molar-refractivity contribution >= 4 is 23.5 Å². The van der Waals surface area contributed by atoms with Gasteiger partial charge in [-0.05, 0) is 36.6 Å². The highest BCUT2D eigenvalue weighted by atomic mass is 35.5. The van der Waals surface area contributed by atoms with Crippen molar-refractivity contribution < 1.29 is 19.1 Å². The number of nitriles is 1. The van der Waals surface area contributed by atoms with Crippen LogP contribution >= 0.6 is 11.6 Å². The van der Waals surface area contributed by atoms with Gasteiger partial charge in [0, 0.05) is 16.1 Å². The Morgan fingerprint density at radius 3 is 2.41 bits per heavy atom. The Balaban J connectivity index is 1.80. The minimum Gasteiger partial charge on any atom is -0.480 e. The van der Waals surface area contributed by atoms with Gasteiger partial charge in [-0.3, -0.25) is 4.79 Å². The van der Waals surface area contributed by atoms with E-state index in [0.29, 0.717) is 12.0 Å². The predicted molar refractivity (Wildman–Crippen MR) is 118 cm³/mol. The van der Waals surface area contributed by atoms with E-state index in [9.17, 15) is 24.3 Å². The number of rotatable bonds is 4. The summed E-state index contributed by atoms with van der Waals surface area (Å²) in [6.45, 7) is 0. The van der Waals surface area contributed by atoms with Gasteiger partial charge in [0.2, 0.25) is 0 Å². The first-order valence-corrected chi connectivity index (χ1v) is 10.4. The summed E-state index contributed by atoms with van der Waals surface area (Å²) in [5, 5.41) is 19.7. The highest BCUT2D eigenvalue weighted by molar-refractivity contribution is 6.33. The molecule has 3 aromatic carbocycles. The number of hydrogen-bond acceptors (Lipinski definition) is 3. The van der Waals surface area contributed by atoms with Gasteiger partial charge in [-0.2, -0.15) is 5.26 Å². The summed E-state index contributed by atoms with van der Waals surface area (Å²) in [5.74, 6) is -2.36. The number of nitrogens with zero attached hydrogens (tertiary/aromatic N) is 2. The Morgan fingerprint density at radius 1 is 1.06 bits per heavy atom. The van der Waals surface area contributed by atoms with Gasteiger partial charge in [-0.25, -0.2) is 9.18 Å². The third-order valence-corrected chi connectivity index (χ3v) is 6.02. The minimum atomic E-state index is -1.18. The monoisotopic (exact) mass is 448 g/mol. The van der Waals surface area contributed by atoms with Crippen LogP contribution in [-0.2, 0) is 4.79 Å². The van der Waals surface area contributed by atoms with E-state index in [-0.39, 0.29) is 28.1 Å². The van der Waals surface area contributed by atoms with E-state index in [1.165, 1.54) is 24.3 Å². The Bertz CT molecular complexity index is 1240. The third kappa shape index (κ3) is 3.83. The van der Waals surface area contributed by atoms with Crippen LogP contribution in [0.2, 0.25) is 5.02 Å². The topological polar surface area (TPSA) is 81.4 Å². The van der Waals surface area contributed by atoms with Gasteiger partial charge in [0.05, 0.1) is 23.2 Å². The lowest BCUT2D eigenvalue weighted by Crippen LogP contribution is -2.42. The highest BCUT2D eigenvalue weighted by Crippen LogP contribution is 2.40. The molecule has 0 spiro atoms. The number of carbonyl (C=O) groups excluding carboxylic acids is 1. The minimum absolute atomic E-state index is 0.00771. The number of benzene rings is 3. The molecule has 1 saturated heterocycles. The molecule has 5 nitrogen and oxygen atoms in total. The van der Waals surface area contributed by atoms with Gasteiger partial charge in [-0.15, -0.1) is 0 Å². The molecule has 160 valence electrons. The van der Waals surface area contributed by atoms with Crippen LogP contribution in [0.4, 0.5) is 4.39 Å². The fourth-order valence-corrected chi connectivity index (χ4v) is 4.48. The summed E-state index contributed by atoms with van der Waals surface area (Å²) in [6.07, 6.45) is 0.471. The van der Waals surface area contributed by atoms with E-state index in [0.717, 1.165) is 10.5 Å². The molecule has 1 aliphatic heterocycles. The lowest BCUT2D eigenvalue weighted by atomic mass is 9.97. The first-order valence-electron chi connectivity index (χ1n) is 10.0. The Labute approximate surface area is 189 Å². The van der Waals surface area contributed by atoms with E-state index in [2.05, 4.69) is 0 Å². The average Bonchev–Trinajstić information content (AvgIpc) is 3.24. The zero-order valence-corrected chi connectivity index (χ0v) is 17.6. The molecule has 0 aliphatic carbocycles. The van der Waals surface area contributed by atoms with Crippen molar-refractivity contribution in [2.24, 2.45) is 0 Å². The van der Waals surface area contributed by atoms with Crippen LogP contribution in [0.25, 0.3) is 11.1 Å². The van der Waals surface area contributed by atoms with Crippen LogP contribution in [0.15, 0.2) is 66.7 Å². The molecule has 1 amide bonds. The summed E-state index contributed by atoms with van der Waals surface area (Å²) >= 11 is 6.46. The summed E-state index contributed by atoms with van der Waals surface area (Å²) in [5.41, 5.74) is 1.67. The van der Waals surface area contributed by atoms with Crippen LogP contribution in [0.3, 0.4) is 0 Å². The summed E-state index contributed by atoms with van der Waals surface area (Å²) < 4.78 is 14.5. The van der Waals surface area contributed by atoms with E-state index >= 15 is 0 Å². The highest BCUT2D eigenvalue weighted by Gasteiger charge is 2.43. The van der Waals surface area contributed by atoms with Crippen LogP contribution in [0, 0.1) is 17.1 Å². The number of hydrogen-bond donors (Lipinski definition) is 1. The zero-order chi connectivity index (χ0) is 22.8. The SMILES string of the molecule is N#Cc1cc(-c2ccccc2)c(Cl)cc1C(=O)N1[C@@H](c2ccccc2F)CC[C@H]1C(=O)O. The normalized spacial score (nSPS) is 17.7. The molecule has 1 aliphatic rings. The Hall–Kier alpha value is -3.69. The lowest BCUT2D eigenvalue weighted by Gasteiger charge is -2.29. The Morgan fingerprint density at radius 2 is 1.75 bits per heavy atom. The quantitative estimate of drug-likeness (QED) is 0.575. The van der Waals surface area contributed by atoms with Crippen LogP contribution in [-0.4, -0.2) is 27.9 Å². The molecule has 0 unspecified atom stereocenters. The number of halogens is 2. The molecule has 2 atom stereocenters. The molecule has 0 aromatic heterocycles. The molecule has 1 heterocycles. The lowest BCUT2D eigenvalue weighted by molar-refractivity contribution is -0.141. The van der Waals surface area contributed by atoms with Crippen molar-refractivity contribution in [1.82, 2.24) is 4.90 Å². The van der Waals surface area contributed by atoms with E-state index < -0.39 is 29.8 Å². The van der Waals surface area contributed by atoms with E-state index in [1.54, 1.807) is 12.1 Å². The van der Waals surface area contributed by atoms with E-state index in [1.807, 2.05) is 36.4 Å². The standard InChI is InChI=1S/C25H18ClFN2O3/c26-20-13-19(16(14-28)12-18(20)15-6-2-1-3-7-15)24(30)29-22(10-11-23(29)25(31)32)17-8-4-5-9-21(17)27/h1-9,12-13,22-23H,10-11H2,(H,31,32)/t22-,23+/m1/s1. The van der Waals surface area contributed by atoms with Gasteiger partial charge in [0.15, 0.2) is 0 Å². The fourth-order valence-electron chi connectivity index (χ4n) is 4.21. The second kappa shape index (κ2) is 8.81.